The Morgan fingerprint density at radius 3 is 2.56 bits per heavy atom. The van der Waals surface area contributed by atoms with Crippen LogP contribution in [0.15, 0.2) is 0 Å². The number of nitrogens with zero attached hydrogens (tertiary/aromatic N) is 1. The molecule has 0 aromatic carbocycles. The Hall–Kier alpha value is -0.220. The predicted octanol–water partition coefficient (Wildman–Crippen LogP) is 2.46. The van der Waals surface area contributed by atoms with Crippen LogP contribution in [0.4, 0.5) is 0 Å². The number of hydrogen-bond donors (Lipinski definition) is 1. The van der Waals surface area contributed by atoms with Gasteiger partial charge in [0.1, 0.15) is 0 Å². The normalized spacial score (nSPS) is 30.6. The van der Waals surface area contributed by atoms with Crippen LogP contribution in [0.2, 0.25) is 0 Å². The van der Waals surface area contributed by atoms with Crippen molar-refractivity contribution in [3.05, 3.63) is 0 Å². The largest absolute Gasteiger partial charge is 0.481 e. The van der Waals surface area contributed by atoms with Crippen molar-refractivity contribution in [3.8, 4) is 0 Å². The molecule has 1 saturated heterocycles. The lowest BCUT2D eigenvalue weighted by molar-refractivity contribution is -0.140. The van der Waals surface area contributed by atoms with Gasteiger partial charge in [0.25, 0.3) is 0 Å². The van der Waals surface area contributed by atoms with Gasteiger partial charge in [-0.3, -0.25) is 9.69 Å². The third-order valence-electron chi connectivity index (χ3n) is 3.73. The molecule has 2 atom stereocenters. The number of carboxylic acid groups (broad SMARTS) is 1. The Balaban J connectivity index is 2.93. The van der Waals surface area contributed by atoms with Gasteiger partial charge in [-0.05, 0) is 31.7 Å². The van der Waals surface area contributed by atoms with E-state index in [-0.39, 0.29) is 12.0 Å². The molecule has 1 aliphatic rings. The van der Waals surface area contributed by atoms with Crippen molar-refractivity contribution in [2.24, 2.45) is 0 Å². The average Bonchev–Trinajstić information content (AvgIpc) is 2.23. The first kappa shape index (κ1) is 13.8. The van der Waals surface area contributed by atoms with E-state index in [0.717, 1.165) is 25.9 Å². The van der Waals surface area contributed by atoms with Crippen molar-refractivity contribution in [3.63, 3.8) is 0 Å². The summed E-state index contributed by atoms with van der Waals surface area (Å²) in [5.74, 6) is 0.505. The van der Waals surface area contributed by atoms with Crippen LogP contribution in [0.3, 0.4) is 0 Å². The van der Waals surface area contributed by atoms with Crippen molar-refractivity contribution >= 4 is 17.7 Å². The minimum Gasteiger partial charge on any atom is -0.481 e. The molecule has 1 rings (SSSR count). The Labute approximate surface area is 103 Å². The highest BCUT2D eigenvalue weighted by atomic mass is 32.2. The summed E-state index contributed by atoms with van der Waals surface area (Å²) in [5, 5.41) is 9.57. The Bertz CT molecular complexity index is 243. The molecule has 1 fully saturated rings. The first-order valence-corrected chi connectivity index (χ1v) is 7.20. The number of thioether (sulfide) groups is 1. The van der Waals surface area contributed by atoms with Gasteiger partial charge in [-0.25, -0.2) is 0 Å². The summed E-state index contributed by atoms with van der Waals surface area (Å²) in [6.45, 7) is 8.31. The zero-order valence-corrected chi connectivity index (χ0v) is 11.3. The molecule has 1 aliphatic heterocycles. The summed E-state index contributed by atoms with van der Waals surface area (Å²) in [7, 11) is 0. The van der Waals surface area contributed by atoms with Gasteiger partial charge in [-0.15, -0.1) is 0 Å². The lowest BCUT2D eigenvalue weighted by atomic mass is 9.84. The molecular weight excluding hydrogens is 222 g/mol. The molecule has 0 spiro atoms. The zero-order valence-electron chi connectivity index (χ0n) is 10.5. The lowest BCUT2D eigenvalue weighted by Gasteiger charge is -2.49. The number of hydrogen-bond acceptors (Lipinski definition) is 3. The fraction of sp³-hybridized carbons (Fsp3) is 0.917. The van der Waals surface area contributed by atoms with Crippen LogP contribution in [0.5, 0.6) is 0 Å². The number of carboxylic acids is 1. The summed E-state index contributed by atoms with van der Waals surface area (Å²) in [6.07, 6.45) is 2.44. The summed E-state index contributed by atoms with van der Waals surface area (Å²) >= 11 is 1.92. The molecule has 94 valence electrons. The van der Waals surface area contributed by atoms with Crippen LogP contribution < -0.4 is 0 Å². The Morgan fingerprint density at radius 1 is 1.50 bits per heavy atom. The van der Waals surface area contributed by atoms with Crippen LogP contribution in [-0.4, -0.2) is 45.6 Å². The molecule has 0 amide bonds. The third kappa shape index (κ3) is 2.72. The SMILES string of the molecule is CCN(CC)C1(CC(=O)O)CCCSC1C. The average molecular weight is 245 g/mol. The highest BCUT2D eigenvalue weighted by Gasteiger charge is 2.44. The van der Waals surface area contributed by atoms with E-state index in [4.69, 9.17) is 5.11 Å². The van der Waals surface area contributed by atoms with Gasteiger partial charge >= 0.3 is 5.97 Å². The second-order valence-electron chi connectivity index (χ2n) is 4.46. The van der Waals surface area contributed by atoms with E-state index < -0.39 is 5.97 Å². The maximum absolute atomic E-state index is 11.1. The predicted molar refractivity (Wildman–Crippen MR) is 69.1 cm³/mol. The van der Waals surface area contributed by atoms with Crippen molar-refractivity contribution in [2.75, 3.05) is 18.8 Å². The standard InChI is InChI=1S/C12H23NO2S/c1-4-13(5-2)12(9-11(14)15)7-6-8-16-10(12)3/h10H,4-9H2,1-3H3,(H,14,15). The highest BCUT2D eigenvalue weighted by Crippen LogP contribution is 2.40. The van der Waals surface area contributed by atoms with E-state index in [1.807, 2.05) is 11.8 Å². The maximum Gasteiger partial charge on any atom is 0.305 e. The van der Waals surface area contributed by atoms with Crippen LogP contribution in [-0.2, 0) is 4.79 Å². The summed E-state index contributed by atoms with van der Waals surface area (Å²) < 4.78 is 0. The van der Waals surface area contributed by atoms with E-state index in [9.17, 15) is 4.79 Å². The van der Waals surface area contributed by atoms with Crippen molar-refractivity contribution in [2.45, 2.75) is 50.8 Å². The first-order chi connectivity index (χ1) is 7.56. The monoisotopic (exact) mass is 245 g/mol. The van der Waals surface area contributed by atoms with Crippen LogP contribution >= 0.6 is 11.8 Å². The van der Waals surface area contributed by atoms with Gasteiger partial charge in [-0.2, -0.15) is 11.8 Å². The summed E-state index contributed by atoms with van der Waals surface area (Å²) in [5.41, 5.74) is -0.127. The second-order valence-corrected chi connectivity index (χ2v) is 5.91. The highest BCUT2D eigenvalue weighted by molar-refractivity contribution is 8.00. The van der Waals surface area contributed by atoms with E-state index in [1.165, 1.54) is 5.75 Å². The first-order valence-electron chi connectivity index (χ1n) is 6.15. The quantitative estimate of drug-likeness (QED) is 0.808. The molecule has 1 heterocycles. The van der Waals surface area contributed by atoms with Gasteiger partial charge < -0.3 is 5.11 Å². The fourth-order valence-electron chi connectivity index (χ4n) is 2.87. The molecule has 16 heavy (non-hydrogen) atoms. The van der Waals surface area contributed by atoms with Crippen LogP contribution in [0, 0.1) is 0 Å². The van der Waals surface area contributed by atoms with Gasteiger partial charge in [-0.1, -0.05) is 20.8 Å². The molecule has 0 aromatic rings. The Kier molecular flexibility index (Phi) is 5.12. The van der Waals surface area contributed by atoms with E-state index in [2.05, 4.69) is 25.7 Å². The number of aliphatic carboxylic acids is 1. The van der Waals surface area contributed by atoms with Crippen molar-refractivity contribution in [1.29, 1.82) is 0 Å². The van der Waals surface area contributed by atoms with Crippen LogP contribution in [0.25, 0.3) is 0 Å². The number of carbonyl (C=O) groups is 1. The van der Waals surface area contributed by atoms with E-state index >= 15 is 0 Å². The fourth-order valence-corrected chi connectivity index (χ4v) is 4.20. The van der Waals surface area contributed by atoms with E-state index in [1.54, 1.807) is 0 Å². The van der Waals surface area contributed by atoms with Gasteiger partial charge in [0.15, 0.2) is 0 Å². The molecule has 4 heteroatoms. The van der Waals surface area contributed by atoms with Gasteiger partial charge in [0.05, 0.1) is 6.42 Å². The smallest absolute Gasteiger partial charge is 0.305 e. The lowest BCUT2D eigenvalue weighted by Crippen LogP contribution is -2.57. The maximum atomic E-state index is 11.1. The minimum atomic E-state index is -0.666. The van der Waals surface area contributed by atoms with Crippen molar-refractivity contribution < 1.29 is 9.90 Å². The topological polar surface area (TPSA) is 40.5 Å². The van der Waals surface area contributed by atoms with Gasteiger partial charge in [0.2, 0.25) is 0 Å². The minimum absolute atomic E-state index is 0.127. The molecule has 0 aliphatic carbocycles. The molecular formula is C12H23NO2S. The van der Waals surface area contributed by atoms with Crippen LogP contribution in [0.1, 0.15) is 40.0 Å². The summed E-state index contributed by atoms with van der Waals surface area (Å²) in [4.78, 5) is 13.5. The Morgan fingerprint density at radius 2 is 2.12 bits per heavy atom. The van der Waals surface area contributed by atoms with Crippen molar-refractivity contribution in [1.82, 2.24) is 4.90 Å². The molecule has 1 N–H and O–H groups in total. The molecule has 0 saturated carbocycles. The second kappa shape index (κ2) is 5.92. The van der Waals surface area contributed by atoms with E-state index in [0.29, 0.717) is 5.25 Å². The molecule has 0 bridgehead atoms. The number of rotatable bonds is 5. The molecule has 3 nitrogen and oxygen atoms in total. The molecule has 2 unspecified atom stereocenters. The molecule has 0 radical (unpaired) electrons. The third-order valence-corrected chi connectivity index (χ3v) is 5.19. The van der Waals surface area contributed by atoms with Gasteiger partial charge in [0, 0.05) is 10.8 Å². The zero-order chi connectivity index (χ0) is 12.2. The molecule has 0 aromatic heterocycles. The summed E-state index contributed by atoms with van der Waals surface area (Å²) in [6, 6.07) is 0.